The lowest BCUT2D eigenvalue weighted by Crippen LogP contribution is -2.17. The number of benzene rings is 1. The predicted octanol–water partition coefficient (Wildman–Crippen LogP) is 1.95. The van der Waals surface area contributed by atoms with E-state index in [0.29, 0.717) is 13.0 Å². The van der Waals surface area contributed by atoms with Gasteiger partial charge in [0.05, 0.1) is 5.52 Å². The van der Waals surface area contributed by atoms with Gasteiger partial charge in [-0.15, -0.1) is 12.4 Å². The van der Waals surface area contributed by atoms with E-state index in [2.05, 4.69) is 20.2 Å². The summed E-state index contributed by atoms with van der Waals surface area (Å²) in [7, 11) is 4.09. The topological polar surface area (TPSA) is 61.3 Å². The molecular formula is C15H23ClN4O. The molecule has 0 amide bonds. The number of para-hydroxylation sites is 1. The van der Waals surface area contributed by atoms with E-state index >= 15 is 0 Å². The third-order valence-corrected chi connectivity index (χ3v) is 3.06. The van der Waals surface area contributed by atoms with Crippen LogP contribution in [0, 0.1) is 0 Å². The van der Waals surface area contributed by atoms with Crippen molar-refractivity contribution in [3.8, 4) is 0 Å². The van der Waals surface area contributed by atoms with Crippen molar-refractivity contribution >= 4 is 29.1 Å². The number of nitrogens with one attached hydrogen (secondary N) is 1. The van der Waals surface area contributed by atoms with Crippen LogP contribution < -0.4 is 5.32 Å². The molecule has 0 radical (unpaired) electrons. The highest BCUT2D eigenvalue weighted by Crippen LogP contribution is 2.20. The summed E-state index contributed by atoms with van der Waals surface area (Å²) >= 11 is 0. The molecule has 0 fully saturated rings. The number of aliphatic hydroxyl groups excluding tert-OH is 1. The molecule has 0 atom stereocenters. The van der Waals surface area contributed by atoms with Gasteiger partial charge in [-0.3, -0.25) is 0 Å². The van der Waals surface area contributed by atoms with Gasteiger partial charge in [0.1, 0.15) is 11.6 Å². The van der Waals surface area contributed by atoms with Crippen LogP contribution in [-0.2, 0) is 6.42 Å². The van der Waals surface area contributed by atoms with Crippen molar-refractivity contribution in [3.63, 3.8) is 0 Å². The number of aliphatic hydroxyl groups is 1. The van der Waals surface area contributed by atoms with Gasteiger partial charge in [0.2, 0.25) is 0 Å². The van der Waals surface area contributed by atoms with Crippen molar-refractivity contribution in [3.05, 3.63) is 30.1 Å². The number of hydrogen-bond acceptors (Lipinski definition) is 5. The lowest BCUT2D eigenvalue weighted by molar-refractivity contribution is 0.292. The molecule has 2 N–H and O–H groups in total. The molecule has 1 heterocycles. The molecule has 2 aromatic rings. The summed E-state index contributed by atoms with van der Waals surface area (Å²) in [5.74, 6) is 1.71. The molecule has 0 unspecified atom stereocenters. The fourth-order valence-electron chi connectivity index (χ4n) is 1.98. The summed E-state index contributed by atoms with van der Waals surface area (Å²) in [6.45, 7) is 1.82. The zero-order chi connectivity index (χ0) is 14.4. The maximum atomic E-state index is 8.88. The lowest BCUT2D eigenvalue weighted by atomic mass is 10.2. The van der Waals surface area contributed by atoms with Gasteiger partial charge in [0.25, 0.3) is 0 Å². The molecule has 0 aliphatic carbocycles. The predicted molar refractivity (Wildman–Crippen MR) is 89.2 cm³/mol. The Labute approximate surface area is 131 Å². The van der Waals surface area contributed by atoms with Crippen molar-refractivity contribution < 1.29 is 5.11 Å². The van der Waals surface area contributed by atoms with E-state index in [1.54, 1.807) is 0 Å². The van der Waals surface area contributed by atoms with Crippen LogP contribution >= 0.6 is 12.4 Å². The molecule has 0 saturated heterocycles. The van der Waals surface area contributed by atoms with Gasteiger partial charge < -0.3 is 15.3 Å². The maximum Gasteiger partial charge on any atom is 0.137 e. The normalized spacial score (nSPS) is 10.7. The largest absolute Gasteiger partial charge is 0.396 e. The monoisotopic (exact) mass is 310 g/mol. The fraction of sp³-hybridized carbons (Fsp3) is 0.467. The van der Waals surface area contributed by atoms with Gasteiger partial charge in [-0.1, -0.05) is 12.1 Å². The number of hydrogen-bond donors (Lipinski definition) is 2. The van der Waals surface area contributed by atoms with Crippen molar-refractivity contribution in [1.82, 2.24) is 14.9 Å². The first kappa shape index (κ1) is 17.6. The van der Waals surface area contributed by atoms with Crippen LogP contribution in [0.1, 0.15) is 12.2 Å². The highest BCUT2D eigenvalue weighted by molar-refractivity contribution is 5.88. The quantitative estimate of drug-likeness (QED) is 0.765. The van der Waals surface area contributed by atoms with Gasteiger partial charge in [-0.2, -0.15) is 0 Å². The average molecular weight is 311 g/mol. The third-order valence-electron chi connectivity index (χ3n) is 3.06. The van der Waals surface area contributed by atoms with Gasteiger partial charge in [0, 0.05) is 31.5 Å². The Morgan fingerprint density at radius 3 is 2.67 bits per heavy atom. The molecule has 0 aliphatic rings. The molecule has 2 rings (SSSR count). The molecule has 1 aromatic carbocycles. The summed E-state index contributed by atoms with van der Waals surface area (Å²) in [5.41, 5.74) is 0.961. The zero-order valence-electron chi connectivity index (χ0n) is 12.5. The van der Waals surface area contributed by atoms with Gasteiger partial charge >= 0.3 is 0 Å². The van der Waals surface area contributed by atoms with Crippen molar-refractivity contribution in [2.75, 3.05) is 39.1 Å². The Bertz CT molecular complexity index is 562. The van der Waals surface area contributed by atoms with E-state index in [4.69, 9.17) is 5.11 Å². The van der Waals surface area contributed by atoms with Crippen LogP contribution in [0.4, 0.5) is 5.82 Å². The first-order valence-corrected chi connectivity index (χ1v) is 6.96. The van der Waals surface area contributed by atoms with E-state index in [9.17, 15) is 0 Å². The average Bonchev–Trinajstić information content (AvgIpc) is 2.45. The summed E-state index contributed by atoms with van der Waals surface area (Å²) in [4.78, 5) is 11.3. The minimum atomic E-state index is 0. The van der Waals surface area contributed by atoms with Gasteiger partial charge in [-0.25, -0.2) is 9.97 Å². The molecular weight excluding hydrogens is 288 g/mol. The number of fused-ring (bicyclic) bond motifs is 1. The summed E-state index contributed by atoms with van der Waals surface area (Å²) in [6, 6.07) is 8.00. The molecule has 116 valence electrons. The Morgan fingerprint density at radius 2 is 1.95 bits per heavy atom. The molecule has 1 aromatic heterocycles. The Kier molecular flexibility index (Phi) is 7.36. The molecule has 0 spiro atoms. The van der Waals surface area contributed by atoms with Gasteiger partial charge in [-0.05, 0) is 32.6 Å². The number of likely N-dealkylation sites (N-methyl/N-ethyl adjacent to an activating group) is 1. The van der Waals surface area contributed by atoms with Crippen LogP contribution in [0.3, 0.4) is 0 Å². The number of rotatable bonds is 7. The first-order chi connectivity index (χ1) is 9.70. The van der Waals surface area contributed by atoms with Crippen molar-refractivity contribution in [1.29, 1.82) is 0 Å². The highest BCUT2D eigenvalue weighted by Gasteiger charge is 2.07. The standard InChI is InChI=1S/C15H22N4O.ClH/c1-19(2)10-8-14-17-13-7-4-3-6-12(13)15(18-14)16-9-5-11-20;/h3-4,6-7,20H,5,8-11H2,1-2H3,(H,16,17,18);1H. The van der Waals surface area contributed by atoms with Crippen LogP contribution in [0.5, 0.6) is 0 Å². The summed E-state index contributed by atoms with van der Waals surface area (Å²) in [6.07, 6.45) is 1.54. The van der Waals surface area contributed by atoms with E-state index in [-0.39, 0.29) is 19.0 Å². The molecule has 0 saturated carbocycles. The minimum absolute atomic E-state index is 0. The fourth-order valence-corrected chi connectivity index (χ4v) is 1.98. The maximum absolute atomic E-state index is 8.88. The molecule has 5 nitrogen and oxygen atoms in total. The SMILES string of the molecule is CN(C)CCc1nc(NCCCO)c2ccccc2n1.Cl. The van der Waals surface area contributed by atoms with E-state index in [1.165, 1.54) is 0 Å². The van der Waals surface area contributed by atoms with Gasteiger partial charge in [0.15, 0.2) is 0 Å². The number of aromatic nitrogens is 2. The van der Waals surface area contributed by atoms with Crippen molar-refractivity contribution in [2.24, 2.45) is 0 Å². The van der Waals surface area contributed by atoms with Crippen LogP contribution in [-0.4, -0.2) is 53.8 Å². The second-order valence-electron chi connectivity index (χ2n) is 5.06. The zero-order valence-corrected chi connectivity index (χ0v) is 13.4. The second-order valence-corrected chi connectivity index (χ2v) is 5.06. The van der Waals surface area contributed by atoms with Crippen LogP contribution in [0.2, 0.25) is 0 Å². The number of nitrogens with zero attached hydrogens (tertiary/aromatic N) is 3. The lowest BCUT2D eigenvalue weighted by Gasteiger charge is -2.12. The summed E-state index contributed by atoms with van der Waals surface area (Å²) < 4.78 is 0. The van der Waals surface area contributed by atoms with E-state index in [1.807, 2.05) is 38.4 Å². The summed E-state index contributed by atoms with van der Waals surface area (Å²) in [5, 5.41) is 13.2. The smallest absolute Gasteiger partial charge is 0.137 e. The van der Waals surface area contributed by atoms with Crippen molar-refractivity contribution in [2.45, 2.75) is 12.8 Å². The van der Waals surface area contributed by atoms with E-state index < -0.39 is 0 Å². The third kappa shape index (κ3) is 5.12. The van der Waals surface area contributed by atoms with Crippen LogP contribution in [0.25, 0.3) is 10.9 Å². The molecule has 0 bridgehead atoms. The van der Waals surface area contributed by atoms with E-state index in [0.717, 1.165) is 35.5 Å². The second kappa shape index (κ2) is 8.77. The Hall–Kier alpha value is -1.43. The minimum Gasteiger partial charge on any atom is -0.396 e. The molecule has 6 heteroatoms. The Morgan fingerprint density at radius 1 is 1.19 bits per heavy atom. The molecule has 21 heavy (non-hydrogen) atoms. The Balaban J connectivity index is 0.00000220. The number of halogens is 1. The first-order valence-electron chi connectivity index (χ1n) is 6.96. The molecule has 0 aliphatic heterocycles. The number of anilines is 1. The van der Waals surface area contributed by atoms with Crippen LogP contribution in [0.15, 0.2) is 24.3 Å². The highest BCUT2D eigenvalue weighted by atomic mass is 35.5.